The summed E-state index contributed by atoms with van der Waals surface area (Å²) in [5.74, 6) is 0. The highest BCUT2D eigenvalue weighted by Gasteiger charge is 2.17. The summed E-state index contributed by atoms with van der Waals surface area (Å²) in [5.41, 5.74) is 8.46. The molecule has 1 atom stereocenters. The molecule has 2 N–H and O–H groups in total. The maximum absolute atomic E-state index is 5.96. The molecular weight excluding hydrogens is 248 g/mol. The summed E-state index contributed by atoms with van der Waals surface area (Å²) in [4.78, 5) is 2.28. The molecule has 0 aliphatic heterocycles. The fraction of sp³-hybridized carbons (Fsp3) is 0.438. The van der Waals surface area contributed by atoms with Crippen LogP contribution in [0.1, 0.15) is 30.5 Å². The van der Waals surface area contributed by atoms with Gasteiger partial charge in [-0.1, -0.05) is 37.3 Å². The molecule has 1 unspecified atom stereocenters. The molecule has 20 heavy (non-hydrogen) atoms. The third-order valence-corrected chi connectivity index (χ3v) is 3.52. The largest absolute Gasteiger partial charge is 0.329 e. The van der Waals surface area contributed by atoms with Crippen LogP contribution in [0.3, 0.4) is 0 Å². The van der Waals surface area contributed by atoms with Gasteiger partial charge in [0, 0.05) is 31.4 Å². The number of benzene rings is 1. The van der Waals surface area contributed by atoms with Gasteiger partial charge in [-0.05, 0) is 19.0 Å². The Balaban J connectivity index is 2.06. The number of hydrogen-bond acceptors (Lipinski definition) is 3. The molecule has 0 aliphatic carbocycles. The lowest BCUT2D eigenvalue weighted by atomic mass is 10.1. The van der Waals surface area contributed by atoms with E-state index >= 15 is 0 Å². The first kappa shape index (κ1) is 14.8. The van der Waals surface area contributed by atoms with Crippen LogP contribution in [0.25, 0.3) is 0 Å². The summed E-state index contributed by atoms with van der Waals surface area (Å²) in [6.45, 7) is 4.60. The summed E-state index contributed by atoms with van der Waals surface area (Å²) >= 11 is 0. The van der Waals surface area contributed by atoms with Gasteiger partial charge >= 0.3 is 0 Å². The summed E-state index contributed by atoms with van der Waals surface area (Å²) in [6, 6.07) is 10.7. The lowest BCUT2D eigenvalue weighted by molar-refractivity contribution is 0.241. The number of aryl methyl sites for hydroxylation is 1. The van der Waals surface area contributed by atoms with E-state index < -0.39 is 0 Å². The summed E-state index contributed by atoms with van der Waals surface area (Å²) in [5, 5.41) is 4.40. The second-order valence-electron chi connectivity index (χ2n) is 5.19. The van der Waals surface area contributed by atoms with Crippen molar-refractivity contribution in [3.8, 4) is 0 Å². The highest BCUT2D eigenvalue weighted by atomic mass is 15.3. The molecule has 0 spiro atoms. The van der Waals surface area contributed by atoms with Crippen LogP contribution in [0.15, 0.2) is 42.7 Å². The molecule has 2 aromatic rings. The lowest BCUT2D eigenvalue weighted by Crippen LogP contribution is -2.29. The van der Waals surface area contributed by atoms with E-state index in [9.17, 15) is 0 Å². The molecule has 0 fully saturated rings. The fourth-order valence-electron chi connectivity index (χ4n) is 2.46. The topological polar surface area (TPSA) is 47.1 Å². The molecular formula is C16H24N4. The van der Waals surface area contributed by atoms with Crippen LogP contribution in [-0.2, 0) is 13.1 Å². The van der Waals surface area contributed by atoms with Crippen LogP contribution in [-0.4, -0.2) is 28.3 Å². The van der Waals surface area contributed by atoms with Crippen LogP contribution in [0, 0.1) is 0 Å². The zero-order valence-corrected chi connectivity index (χ0v) is 12.4. The van der Waals surface area contributed by atoms with Crippen molar-refractivity contribution in [3.05, 3.63) is 53.9 Å². The number of likely N-dealkylation sites (N-methyl/N-ethyl adjacent to an activating group) is 1. The maximum Gasteiger partial charge on any atom is 0.0538 e. The second-order valence-corrected chi connectivity index (χ2v) is 5.19. The molecule has 0 bridgehead atoms. The molecule has 0 saturated heterocycles. The van der Waals surface area contributed by atoms with E-state index in [0.717, 1.165) is 19.5 Å². The molecule has 1 heterocycles. The Kier molecular flexibility index (Phi) is 5.32. The van der Waals surface area contributed by atoms with Crippen molar-refractivity contribution in [2.75, 3.05) is 13.6 Å². The minimum absolute atomic E-state index is 0.209. The molecule has 0 amide bonds. The van der Waals surface area contributed by atoms with Crippen LogP contribution >= 0.6 is 0 Å². The Hall–Kier alpha value is -1.65. The van der Waals surface area contributed by atoms with Crippen molar-refractivity contribution < 1.29 is 0 Å². The number of rotatable bonds is 7. The van der Waals surface area contributed by atoms with Gasteiger partial charge in [-0.2, -0.15) is 5.10 Å². The van der Waals surface area contributed by atoms with Crippen molar-refractivity contribution in [2.45, 2.75) is 32.5 Å². The fourth-order valence-corrected chi connectivity index (χ4v) is 2.46. The summed E-state index contributed by atoms with van der Waals surface area (Å²) in [7, 11) is 2.11. The van der Waals surface area contributed by atoms with E-state index in [4.69, 9.17) is 5.73 Å². The predicted octanol–water partition coefficient (Wildman–Crippen LogP) is 2.42. The van der Waals surface area contributed by atoms with Crippen LogP contribution in [0.4, 0.5) is 0 Å². The molecule has 4 heteroatoms. The molecule has 4 nitrogen and oxygen atoms in total. The number of nitrogens with two attached hydrogens (primary N) is 1. The standard InChI is InChI=1S/C16H24N4/c1-3-9-20-13-15(11-18-20)16(10-17)19(2)12-14-7-5-4-6-8-14/h4-8,11,13,16H,3,9-10,12,17H2,1-2H3. The van der Waals surface area contributed by atoms with E-state index in [0.29, 0.717) is 6.54 Å². The molecule has 2 rings (SSSR count). The zero-order chi connectivity index (χ0) is 14.4. The van der Waals surface area contributed by atoms with Gasteiger partial charge in [0.05, 0.1) is 12.2 Å². The Morgan fingerprint density at radius 3 is 2.70 bits per heavy atom. The highest BCUT2D eigenvalue weighted by Crippen LogP contribution is 2.19. The predicted molar refractivity (Wildman–Crippen MR) is 82.2 cm³/mol. The third kappa shape index (κ3) is 3.68. The Labute approximate surface area is 121 Å². The van der Waals surface area contributed by atoms with Crippen molar-refractivity contribution in [3.63, 3.8) is 0 Å². The van der Waals surface area contributed by atoms with E-state index in [2.05, 4.69) is 54.4 Å². The van der Waals surface area contributed by atoms with E-state index in [1.54, 1.807) is 0 Å². The molecule has 0 radical (unpaired) electrons. The average molecular weight is 272 g/mol. The van der Waals surface area contributed by atoms with Crippen LogP contribution in [0.2, 0.25) is 0 Å². The van der Waals surface area contributed by atoms with Crippen LogP contribution in [0.5, 0.6) is 0 Å². The first-order valence-electron chi connectivity index (χ1n) is 7.21. The first-order chi connectivity index (χ1) is 9.74. The Morgan fingerprint density at radius 2 is 2.05 bits per heavy atom. The van der Waals surface area contributed by atoms with Gasteiger partial charge in [-0.15, -0.1) is 0 Å². The Morgan fingerprint density at radius 1 is 1.30 bits per heavy atom. The van der Waals surface area contributed by atoms with Gasteiger partial charge in [-0.25, -0.2) is 0 Å². The number of aromatic nitrogens is 2. The molecule has 1 aromatic carbocycles. The molecule has 108 valence electrons. The van der Waals surface area contributed by atoms with E-state index in [1.807, 2.05) is 16.9 Å². The first-order valence-corrected chi connectivity index (χ1v) is 7.21. The van der Waals surface area contributed by atoms with Gasteiger partial charge in [-0.3, -0.25) is 9.58 Å². The quantitative estimate of drug-likeness (QED) is 0.842. The smallest absolute Gasteiger partial charge is 0.0538 e. The van der Waals surface area contributed by atoms with Crippen molar-refractivity contribution >= 4 is 0 Å². The second kappa shape index (κ2) is 7.22. The van der Waals surface area contributed by atoms with Crippen molar-refractivity contribution in [1.82, 2.24) is 14.7 Å². The SMILES string of the molecule is CCCn1cc(C(CN)N(C)Cc2ccccc2)cn1. The van der Waals surface area contributed by atoms with Gasteiger partial charge in [0.15, 0.2) is 0 Å². The van der Waals surface area contributed by atoms with Crippen LogP contribution < -0.4 is 5.73 Å². The average Bonchev–Trinajstić information content (AvgIpc) is 2.89. The molecule has 0 aliphatic rings. The third-order valence-electron chi connectivity index (χ3n) is 3.52. The summed E-state index contributed by atoms with van der Waals surface area (Å²) < 4.78 is 1.99. The number of nitrogens with zero attached hydrogens (tertiary/aromatic N) is 3. The lowest BCUT2D eigenvalue weighted by Gasteiger charge is -2.26. The van der Waals surface area contributed by atoms with Gasteiger partial charge in [0.25, 0.3) is 0 Å². The summed E-state index contributed by atoms with van der Waals surface area (Å²) in [6.07, 6.45) is 5.14. The van der Waals surface area contributed by atoms with Gasteiger partial charge in [0.1, 0.15) is 0 Å². The Bertz CT molecular complexity index is 506. The van der Waals surface area contributed by atoms with Gasteiger partial charge < -0.3 is 5.73 Å². The minimum Gasteiger partial charge on any atom is -0.329 e. The van der Waals surface area contributed by atoms with E-state index in [1.165, 1.54) is 11.1 Å². The minimum atomic E-state index is 0.209. The van der Waals surface area contributed by atoms with Crippen molar-refractivity contribution in [2.24, 2.45) is 5.73 Å². The highest BCUT2D eigenvalue weighted by molar-refractivity contribution is 5.16. The number of hydrogen-bond donors (Lipinski definition) is 1. The zero-order valence-electron chi connectivity index (χ0n) is 12.4. The normalized spacial score (nSPS) is 12.8. The van der Waals surface area contributed by atoms with Crippen molar-refractivity contribution in [1.29, 1.82) is 0 Å². The maximum atomic E-state index is 5.96. The van der Waals surface area contributed by atoms with E-state index in [-0.39, 0.29) is 6.04 Å². The molecule has 0 saturated carbocycles. The van der Waals surface area contributed by atoms with Gasteiger partial charge in [0.2, 0.25) is 0 Å². The molecule has 1 aromatic heterocycles. The monoisotopic (exact) mass is 272 g/mol.